The number of fused-ring (bicyclic) bond motifs is 5. The van der Waals surface area contributed by atoms with E-state index < -0.39 is 0 Å². The fourth-order valence-corrected chi connectivity index (χ4v) is 3.48. The predicted molar refractivity (Wildman–Crippen MR) is 96.8 cm³/mol. The van der Waals surface area contributed by atoms with Crippen LogP contribution in [0.4, 0.5) is 0 Å². The Morgan fingerprint density at radius 2 is 1.26 bits per heavy atom. The lowest BCUT2D eigenvalue weighted by atomic mass is 9.99. The molecule has 0 radical (unpaired) electrons. The third kappa shape index (κ3) is 1.75. The number of nitrogens with zero attached hydrogens (tertiary/aromatic N) is 2. The molecule has 0 amide bonds. The van der Waals surface area contributed by atoms with Crippen LogP contribution in [0.25, 0.3) is 43.6 Å². The van der Waals surface area contributed by atoms with Gasteiger partial charge in [-0.05, 0) is 42.8 Å². The molecule has 108 valence electrons. The van der Waals surface area contributed by atoms with Crippen molar-refractivity contribution in [1.29, 1.82) is 0 Å². The van der Waals surface area contributed by atoms with Crippen molar-refractivity contribution in [3.63, 3.8) is 0 Å². The Bertz CT molecular complexity index is 1220. The van der Waals surface area contributed by atoms with E-state index in [1.54, 1.807) is 0 Å². The zero-order valence-electron chi connectivity index (χ0n) is 12.7. The van der Waals surface area contributed by atoms with Crippen LogP contribution in [0.2, 0.25) is 0 Å². The second-order valence-corrected chi connectivity index (χ2v) is 5.96. The monoisotopic (exact) mass is 294 g/mol. The first-order valence-electron chi connectivity index (χ1n) is 7.79. The Morgan fingerprint density at radius 3 is 2.17 bits per heavy atom. The molecule has 0 saturated heterocycles. The van der Waals surface area contributed by atoms with Gasteiger partial charge in [0.15, 0.2) is 0 Å². The van der Waals surface area contributed by atoms with Crippen LogP contribution in [0.15, 0.2) is 66.7 Å². The van der Waals surface area contributed by atoms with Gasteiger partial charge >= 0.3 is 0 Å². The largest absolute Gasteiger partial charge is 0.248 e. The Labute approximate surface area is 133 Å². The molecule has 2 heteroatoms. The topological polar surface area (TPSA) is 25.8 Å². The summed E-state index contributed by atoms with van der Waals surface area (Å²) in [5.41, 5.74) is 5.41. The quantitative estimate of drug-likeness (QED) is 0.282. The second kappa shape index (κ2) is 4.50. The smallest absolute Gasteiger partial charge is 0.0720 e. The number of benzene rings is 3. The van der Waals surface area contributed by atoms with Gasteiger partial charge in [0.1, 0.15) is 0 Å². The standard InChI is InChI=1S/C21H14N2/c1-13-15-7-3-5-9-18(15)23-20-11-10-19-16(21(13)20)12-14-6-2-4-8-17(14)22-19/h2-12H,1H3. The minimum atomic E-state index is 1.02. The van der Waals surface area contributed by atoms with E-state index in [9.17, 15) is 0 Å². The summed E-state index contributed by atoms with van der Waals surface area (Å²) in [4.78, 5) is 9.66. The molecule has 2 aromatic heterocycles. The Morgan fingerprint density at radius 1 is 0.609 bits per heavy atom. The molecule has 0 spiro atoms. The molecule has 0 N–H and O–H groups in total. The van der Waals surface area contributed by atoms with Gasteiger partial charge in [0.05, 0.1) is 22.1 Å². The third-order valence-electron chi connectivity index (χ3n) is 4.60. The maximum Gasteiger partial charge on any atom is 0.0720 e. The van der Waals surface area contributed by atoms with Gasteiger partial charge in [-0.3, -0.25) is 0 Å². The highest BCUT2D eigenvalue weighted by molar-refractivity contribution is 6.13. The molecular weight excluding hydrogens is 280 g/mol. The molecule has 0 aliphatic carbocycles. The van der Waals surface area contributed by atoms with E-state index in [-0.39, 0.29) is 0 Å². The summed E-state index contributed by atoms with van der Waals surface area (Å²) >= 11 is 0. The highest BCUT2D eigenvalue weighted by atomic mass is 14.7. The summed E-state index contributed by atoms with van der Waals surface area (Å²) in [6.07, 6.45) is 0. The molecular formula is C21H14N2. The van der Waals surface area contributed by atoms with Gasteiger partial charge in [-0.25, -0.2) is 9.97 Å². The van der Waals surface area contributed by atoms with Crippen molar-refractivity contribution in [2.45, 2.75) is 6.92 Å². The SMILES string of the molecule is Cc1c2ccccc2nc2ccc3nc4ccccc4cc3c12. The number of aromatic nitrogens is 2. The number of aryl methyl sites for hydroxylation is 1. The van der Waals surface area contributed by atoms with Crippen molar-refractivity contribution in [2.75, 3.05) is 0 Å². The van der Waals surface area contributed by atoms with Crippen LogP contribution in [-0.4, -0.2) is 9.97 Å². The number of hydrogen-bond donors (Lipinski definition) is 0. The van der Waals surface area contributed by atoms with Gasteiger partial charge < -0.3 is 0 Å². The second-order valence-electron chi connectivity index (χ2n) is 5.96. The minimum Gasteiger partial charge on any atom is -0.248 e. The highest BCUT2D eigenvalue weighted by Gasteiger charge is 2.10. The van der Waals surface area contributed by atoms with E-state index in [0.29, 0.717) is 0 Å². The number of rotatable bonds is 0. The molecule has 2 heterocycles. The van der Waals surface area contributed by atoms with Crippen LogP contribution in [0.5, 0.6) is 0 Å². The summed E-state index contributed by atoms with van der Waals surface area (Å²) in [5, 5.41) is 4.76. The van der Waals surface area contributed by atoms with Crippen LogP contribution in [0.3, 0.4) is 0 Å². The van der Waals surface area contributed by atoms with E-state index in [0.717, 1.165) is 22.1 Å². The fraction of sp³-hybridized carbons (Fsp3) is 0.0476. The first-order chi connectivity index (χ1) is 11.3. The van der Waals surface area contributed by atoms with Crippen molar-refractivity contribution in [2.24, 2.45) is 0 Å². The Kier molecular flexibility index (Phi) is 2.45. The molecule has 3 aromatic carbocycles. The van der Waals surface area contributed by atoms with E-state index in [2.05, 4.69) is 61.5 Å². The molecule has 0 aliphatic rings. The fourth-order valence-electron chi connectivity index (χ4n) is 3.48. The third-order valence-corrected chi connectivity index (χ3v) is 4.60. The minimum absolute atomic E-state index is 1.02. The molecule has 0 unspecified atom stereocenters. The zero-order valence-corrected chi connectivity index (χ0v) is 12.7. The van der Waals surface area contributed by atoms with E-state index in [1.165, 1.54) is 27.1 Å². The molecule has 0 bridgehead atoms. The highest BCUT2D eigenvalue weighted by Crippen LogP contribution is 2.32. The molecule has 23 heavy (non-hydrogen) atoms. The molecule has 0 aliphatic heterocycles. The molecule has 5 aromatic rings. The molecule has 5 rings (SSSR count). The predicted octanol–water partition coefficient (Wildman–Crippen LogP) is 5.40. The van der Waals surface area contributed by atoms with Crippen molar-refractivity contribution in [3.05, 3.63) is 72.3 Å². The van der Waals surface area contributed by atoms with Gasteiger partial charge in [-0.1, -0.05) is 36.4 Å². The van der Waals surface area contributed by atoms with Crippen molar-refractivity contribution < 1.29 is 0 Å². The molecule has 0 fully saturated rings. The maximum absolute atomic E-state index is 4.84. The molecule has 0 saturated carbocycles. The van der Waals surface area contributed by atoms with Crippen LogP contribution in [0, 0.1) is 6.92 Å². The van der Waals surface area contributed by atoms with E-state index in [1.807, 2.05) is 12.1 Å². The summed E-state index contributed by atoms with van der Waals surface area (Å²) in [7, 11) is 0. The van der Waals surface area contributed by atoms with Crippen LogP contribution < -0.4 is 0 Å². The number of pyridine rings is 2. The lowest BCUT2D eigenvalue weighted by Gasteiger charge is -2.10. The van der Waals surface area contributed by atoms with Gasteiger partial charge in [0, 0.05) is 21.5 Å². The summed E-state index contributed by atoms with van der Waals surface area (Å²) in [6, 6.07) is 23.0. The van der Waals surface area contributed by atoms with Crippen molar-refractivity contribution >= 4 is 43.6 Å². The Hall–Kier alpha value is -3.00. The maximum atomic E-state index is 4.84. The van der Waals surface area contributed by atoms with Crippen molar-refractivity contribution in [3.8, 4) is 0 Å². The average Bonchev–Trinajstić information content (AvgIpc) is 2.60. The first-order valence-corrected chi connectivity index (χ1v) is 7.79. The van der Waals surface area contributed by atoms with Gasteiger partial charge in [0.25, 0.3) is 0 Å². The van der Waals surface area contributed by atoms with Gasteiger partial charge in [-0.15, -0.1) is 0 Å². The van der Waals surface area contributed by atoms with E-state index in [4.69, 9.17) is 9.97 Å². The molecule has 0 atom stereocenters. The van der Waals surface area contributed by atoms with Crippen LogP contribution in [-0.2, 0) is 0 Å². The molecule has 2 nitrogen and oxygen atoms in total. The zero-order chi connectivity index (χ0) is 15.4. The summed E-state index contributed by atoms with van der Waals surface area (Å²) in [6.45, 7) is 2.18. The number of para-hydroxylation sites is 2. The van der Waals surface area contributed by atoms with Crippen LogP contribution >= 0.6 is 0 Å². The van der Waals surface area contributed by atoms with Crippen molar-refractivity contribution in [1.82, 2.24) is 9.97 Å². The normalized spacial score (nSPS) is 11.7. The lowest BCUT2D eigenvalue weighted by molar-refractivity contribution is 1.45. The van der Waals surface area contributed by atoms with E-state index >= 15 is 0 Å². The summed E-state index contributed by atoms with van der Waals surface area (Å²) in [5.74, 6) is 0. The number of hydrogen-bond acceptors (Lipinski definition) is 2. The average molecular weight is 294 g/mol. The first kappa shape index (κ1) is 12.5. The Balaban J connectivity index is 2.05. The van der Waals surface area contributed by atoms with Gasteiger partial charge in [-0.2, -0.15) is 0 Å². The summed E-state index contributed by atoms with van der Waals surface area (Å²) < 4.78 is 0. The van der Waals surface area contributed by atoms with Gasteiger partial charge in [0.2, 0.25) is 0 Å². The lowest BCUT2D eigenvalue weighted by Crippen LogP contribution is -1.90. The van der Waals surface area contributed by atoms with Crippen LogP contribution in [0.1, 0.15) is 5.56 Å².